The quantitative estimate of drug-likeness (QED) is 0.698. The maximum atomic E-state index is 5.74. The second-order valence-electron chi connectivity index (χ2n) is 3.35. The molecule has 0 saturated heterocycles. The minimum atomic E-state index is 0.686. The lowest BCUT2D eigenvalue weighted by molar-refractivity contribution is 0.601. The molecule has 1 aromatic rings. The molecule has 15 heavy (non-hydrogen) atoms. The van der Waals surface area contributed by atoms with Crippen LogP contribution >= 0.6 is 11.6 Å². The van der Waals surface area contributed by atoms with Gasteiger partial charge in [0.05, 0.1) is 10.7 Å². The van der Waals surface area contributed by atoms with Crippen LogP contribution in [0, 0.1) is 0 Å². The number of aromatic nitrogens is 1. The summed E-state index contributed by atoms with van der Waals surface area (Å²) in [4.78, 5) is 4.20. The molecule has 0 fully saturated rings. The van der Waals surface area contributed by atoms with E-state index in [1.54, 1.807) is 6.20 Å². The highest BCUT2D eigenvalue weighted by atomic mass is 35.5. The maximum absolute atomic E-state index is 5.74. The molecule has 0 atom stereocenters. The second-order valence-corrected chi connectivity index (χ2v) is 3.79. The Morgan fingerprint density at radius 2 is 2.07 bits per heavy atom. The van der Waals surface area contributed by atoms with Gasteiger partial charge in [-0.15, -0.1) is 0 Å². The van der Waals surface area contributed by atoms with Crippen molar-refractivity contribution in [3.05, 3.63) is 29.0 Å². The van der Waals surface area contributed by atoms with Crippen molar-refractivity contribution in [3.63, 3.8) is 0 Å². The summed E-state index contributed by atoms with van der Waals surface area (Å²) in [6.07, 6.45) is 2.82. The van der Waals surface area contributed by atoms with Crippen LogP contribution in [0.15, 0.2) is 18.3 Å². The molecule has 1 rings (SSSR count). The zero-order chi connectivity index (χ0) is 10.9. The van der Waals surface area contributed by atoms with E-state index < -0.39 is 0 Å². The first-order chi connectivity index (χ1) is 7.33. The molecule has 0 aliphatic heterocycles. The van der Waals surface area contributed by atoms with Crippen LogP contribution in [0.5, 0.6) is 0 Å². The number of hydrogen-bond acceptors (Lipinski definition) is 3. The van der Waals surface area contributed by atoms with Crippen molar-refractivity contribution in [2.24, 2.45) is 0 Å². The summed E-state index contributed by atoms with van der Waals surface area (Å²) in [6.45, 7) is 6.04. The minimum Gasteiger partial charge on any atom is -0.317 e. The van der Waals surface area contributed by atoms with Crippen LogP contribution in [0.4, 0.5) is 0 Å². The molecule has 0 bridgehead atoms. The highest BCUT2D eigenvalue weighted by Gasteiger charge is 1.93. The maximum Gasteiger partial charge on any atom is 0.0589 e. The molecule has 0 unspecified atom stereocenters. The van der Waals surface area contributed by atoms with Gasteiger partial charge in [0.15, 0.2) is 0 Å². The Bertz CT molecular complexity index is 261. The van der Waals surface area contributed by atoms with E-state index in [-0.39, 0.29) is 0 Å². The fraction of sp³-hybridized carbons (Fsp3) is 0.545. The molecule has 1 heterocycles. The van der Waals surface area contributed by atoms with Gasteiger partial charge >= 0.3 is 0 Å². The monoisotopic (exact) mass is 227 g/mol. The van der Waals surface area contributed by atoms with Gasteiger partial charge in [0.1, 0.15) is 0 Å². The fourth-order valence-electron chi connectivity index (χ4n) is 1.24. The summed E-state index contributed by atoms with van der Waals surface area (Å²) in [6, 6.07) is 3.81. The summed E-state index contributed by atoms with van der Waals surface area (Å²) in [5, 5.41) is 7.30. The standard InChI is InChI=1S/C11H18ClN3/c1-2-13-6-3-7-14-9-11-5-4-10(12)8-15-11/h4-5,8,13-14H,2-3,6-7,9H2,1H3. The van der Waals surface area contributed by atoms with Crippen LogP contribution in [-0.4, -0.2) is 24.6 Å². The number of rotatable bonds is 7. The molecule has 0 amide bonds. The first-order valence-corrected chi connectivity index (χ1v) is 5.72. The summed E-state index contributed by atoms with van der Waals surface area (Å²) < 4.78 is 0. The molecule has 0 saturated carbocycles. The van der Waals surface area contributed by atoms with Crippen molar-refractivity contribution >= 4 is 11.6 Å². The van der Waals surface area contributed by atoms with E-state index in [1.165, 1.54) is 0 Å². The van der Waals surface area contributed by atoms with Crippen molar-refractivity contribution in [1.82, 2.24) is 15.6 Å². The molecular weight excluding hydrogens is 210 g/mol. The van der Waals surface area contributed by atoms with E-state index in [4.69, 9.17) is 11.6 Å². The summed E-state index contributed by atoms with van der Waals surface area (Å²) in [5.41, 5.74) is 1.03. The average Bonchev–Trinajstić information content (AvgIpc) is 2.26. The third-order valence-electron chi connectivity index (χ3n) is 2.05. The first kappa shape index (κ1) is 12.4. The SMILES string of the molecule is CCNCCCNCc1ccc(Cl)cn1. The molecule has 0 spiro atoms. The second kappa shape index (κ2) is 7.63. The van der Waals surface area contributed by atoms with Gasteiger partial charge in [-0.1, -0.05) is 18.5 Å². The van der Waals surface area contributed by atoms with Crippen LogP contribution in [0.1, 0.15) is 19.0 Å². The highest BCUT2D eigenvalue weighted by Crippen LogP contribution is 2.05. The van der Waals surface area contributed by atoms with E-state index in [2.05, 4.69) is 22.5 Å². The largest absolute Gasteiger partial charge is 0.317 e. The number of nitrogens with one attached hydrogen (secondary N) is 2. The number of nitrogens with zero attached hydrogens (tertiary/aromatic N) is 1. The van der Waals surface area contributed by atoms with E-state index >= 15 is 0 Å². The number of pyridine rings is 1. The third-order valence-corrected chi connectivity index (χ3v) is 2.28. The lowest BCUT2D eigenvalue weighted by atomic mass is 10.3. The van der Waals surface area contributed by atoms with E-state index in [1.807, 2.05) is 12.1 Å². The predicted octanol–water partition coefficient (Wildman–Crippen LogP) is 1.82. The van der Waals surface area contributed by atoms with Gasteiger partial charge in [-0.3, -0.25) is 4.98 Å². The van der Waals surface area contributed by atoms with Gasteiger partial charge in [-0.25, -0.2) is 0 Å². The Kier molecular flexibility index (Phi) is 6.32. The topological polar surface area (TPSA) is 37.0 Å². The fourth-order valence-corrected chi connectivity index (χ4v) is 1.35. The number of hydrogen-bond donors (Lipinski definition) is 2. The zero-order valence-electron chi connectivity index (χ0n) is 9.09. The molecular formula is C11H18ClN3. The lowest BCUT2D eigenvalue weighted by Gasteiger charge is -2.04. The van der Waals surface area contributed by atoms with Crippen molar-refractivity contribution in [1.29, 1.82) is 0 Å². The molecule has 84 valence electrons. The van der Waals surface area contributed by atoms with Gasteiger partial charge in [-0.2, -0.15) is 0 Å². The van der Waals surface area contributed by atoms with E-state index in [9.17, 15) is 0 Å². The molecule has 0 aliphatic rings. The van der Waals surface area contributed by atoms with Crippen molar-refractivity contribution in [3.8, 4) is 0 Å². The summed E-state index contributed by atoms with van der Waals surface area (Å²) in [5.74, 6) is 0. The Morgan fingerprint density at radius 1 is 1.27 bits per heavy atom. The molecule has 2 N–H and O–H groups in total. The van der Waals surface area contributed by atoms with Crippen LogP contribution in [0.2, 0.25) is 5.02 Å². The molecule has 0 radical (unpaired) electrons. The van der Waals surface area contributed by atoms with Crippen LogP contribution in [0.3, 0.4) is 0 Å². The average molecular weight is 228 g/mol. The smallest absolute Gasteiger partial charge is 0.0589 e. The van der Waals surface area contributed by atoms with Gasteiger partial charge in [0.25, 0.3) is 0 Å². The van der Waals surface area contributed by atoms with E-state index in [0.29, 0.717) is 5.02 Å². The Morgan fingerprint density at radius 3 is 2.73 bits per heavy atom. The van der Waals surface area contributed by atoms with Crippen LogP contribution in [0.25, 0.3) is 0 Å². The van der Waals surface area contributed by atoms with Gasteiger partial charge < -0.3 is 10.6 Å². The van der Waals surface area contributed by atoms with Gasteiger partial charge in [0.2, 0.25) is 0 Å². The Hall–Kier alpha value is -0.640. The van der Waals surface area contributed by atoms with E-state index in [0.717, 1.165) is 38.3 Å². The van der Waals surface area contributed by atoms with Gasteiger partial charge in [-0.05, 0) is 38.2 Å². The number of halogens is 1. The molecule has 0 aromatic carbocycles. The predicted molar refractivity (Wildman–Crippen MR) is 64.1 cm³/mol. The normalized spacial score (nSPS) is 10.5. The van der Waals surface area contributed by atoms with Crippen molar-refractivity contribution < 1.29 is 0 Å². The minimum absolute atomic E-state index is 0.686. The molecule has 4 heteroatoms. The van der Waals surface area contributed by atoms with Gasteiger partial charge in [0, 0.05) is 12.7 Å². The van der Waals surface area contributed by atoms with Crippen molar-refractivity contribution in [2.45, 2.75) is 19.9 Å². The first-order valence-electron chi connectivity index (χ1n) is 5.35. The zero-order valence-corrected chi connectivity index (χ0v) is 9.85. The molecule has 1 aromatic heterocycles. The molecule has 3 nitrogen and oxygen atoms in total. The highest BCUT2D eigenvalue weighted by molar-refractivity contribution is 6.30. The van der Waals surface area contributed by atoms with Crippen LogP contribution in [-0.2, 0) is 6.54 Å². The third kappa shape index (κ3) is 5.72. The lowest BCUT2D eigenvalue weighted by Crippen LogP contribution is -2.21. The Labute approximate surface area is 96.2 Å². The molecule has 0 aliphatic carbocycles. The Balaban J connectivity index is 2.07. The van der Waals surface area contributed by atoms with Crippen molar-refractivity contribution in [2.75, 3.05) is 19.6 Å². The summed E-state index contributed by atoms with van der Waals surface area (Å²) in [7, 11) is 0. The van der Waals surface area contributed by atoms with Crippen LogP contribution < -0.4 is 10.6 Å². The summed E-state index contributed by atoms with van der Waals surface area (Å²) >= 11 is 5.74.